The molecule has 104 valence electrons. The molecule has 5 heteroatoms. The Morgan fingerprint density at radius 3 is 2.89 bits per heavy atom. The monoisotopic (exact) mass is 281 g/mol. The number of amides is 1. The average Bonchev–Trinajstić information content (AvgIpc) is 2.40. The zero-order chi connectivity index (χ0) is 13.7. The van der Waals surface area contributed by atoms with Gasteiger partial charge < -0.3 is 10.2 Å². The second kappa shape index (κ2) is 6.87. The van der Waals surface area contributed by atoms with E-state index in [1.807, 2.05) is 6.92 Å². The first kappa shape index (κ1) is 14.3. The van der Waals surface area contributed by atoms with Crippen LogP contribution >= 0.6 is 11.6 Å². The molecule has 0 spiro atoms. The van der Waals surface area contributed by atoms with Gasteiger partial charge >= 0.3 is 0 Å². The molecule has 2 rings (SSSR count). The molecular weight excluding hydrogens is 262 g/mol. The van der Waals surface area contributed by atoms with E-state index in [1.54, 1.807) is 12.3 Å². The molecule has 19 heavy (non-hydrogen) atoms. The van der Waals surface area contributed by atoms with Crippen LogP contribution in [0.15, 0.2) is 18.5 Å². The maximum absolute atomic E-state index is 12.1. The molecule has 0 saturated carbocycles. The van der Waals surface area contributed by atoms with Gasteiger partial charge in [0.15, 0.2) is 0 Å². The molecule has 0 aromatic carbocycles. The van der Waals surface area contributed by atoms with Crippen molar-refractivity contribution in [3.05, 3.63) is 29.0 Å². The summed E-state index contributed by atoms with van der Waals surface area (Å²) in [6, 6.07) is 1.76. The van der Waals surface area contributed by atoms with Gasteiger partial charge in [0.05, 0.1) is 10.6 Å². The van der Waals surface area contributed by atoms with Gasteiger partial charge in [0, 0.05) is 25.0 Å². The number of likely N-dealkylation sites (tertiary alicyclic amines) is 1. The molecule has 1 aliphatic heterocycles. The van der Waals surface area contributed by atoms with Crippen LogP contribution in [-0.4, -0.2) is 41.5 Å². The Hall–Kier alpha value is -1.13. The van der Waals surface area contributed by atoms with E-state index in [0.29, 0.717) is 10.6 Å². The minimum atomic E-state index is -0.128. The Morgan fingerprint density at radius 1 is 1.47 bits per heavy atom. The summed E-state index contributed by atoms with van der Waals surface area (Å²) in [4.78, 5) is 18.4. The fourth-order valence-electron chi connectivity index (χ4n) is 2.44. The van der Waals surface area contributed by atoms with Crippen molar-refractivity contribution in [3.8, 4) is 0 Å². The summed E-state index contributed by atoms with van der Waals surface area (Å²) in [5, 5.41) is 3.39. The number of hydrogen-bond acceptors (Lipinski definition) is 3. The molecule has 1 aromatic heterocycles. The molecule has 1 aliphatic rings. The van der Waals surface area contributed by atoms with Crippen molar-refractivity contribution >= 4 is 17.5 Å². The number of piperidine rings is 1. The Labute approximate surface area is 119 Å². The number of halogens is 1. The quantitative estimate of drug-likeness (QED) is 0.921. The molecule has 1 fully saturated rings. The second-order valence-electron chi connectivity index (χ2n) is 5.09. The lowest BCUT2D eigenvalue weighted by Crippen LogP contribution is -2.43. The van der Waals surface area contributed by atoms with Gasteiger partial charge in [0.1, 0.15) is 0 Å². The lowest BCUT2D eigenvalue weighted by Gasteiger charge is -2.29. The van der Waals surface area contributed by atoms with Gasteiger partial charge in [-0.3, -0.25) is 9.78 Å². The van der Waals surface area contributed by atoms with Crippen LogP contribution in [0.5, 0.6) is 0 Å². The number of nitrogens with one attached hydrogen (secondary N) is 1. The van der Waals surface area contributed by atoms with Gasteiger partial charge in [0.25, 0.3) is 5.91 Å². The standard InChI is InChI=1S/C14H20ClN3O/c1-11(10-18-7-3-2-4-8-18)17-14(19)12-5-6-16-9-13(12)15/h5-6,9,11H,2-4,7-8,10H2,1H3,(H,17,19). The number of pyridine rings is 1. The third kappa shape index (κ3) is 4.18. The highest BCUT2D eigenvalue weighted by molar-refractivity contribution is 6.33. The van der Waals surface area contributed by atoms with Crippen molar-refractivity contribution in [3.63, 3.8) is 0 Å². The topological polar surface area (TPSA) is 45.2 Å². The molecular formula is C14H20ClN3O. The summed E-state index contributed by atoms with van der Waals surface area (Å²) in [6.07, 6.45) is 6.92. The summed E-state index contributed by atoms with van der Waals surface area (Å²) in [5.74, 6) is -0.128. The smallest absolute Gasteiger partial charge is 0.253 e. The van der Waals surface area contributed by atoms with Crippen LogP contribution < -0.4 is 5.32 Å². The number of nitrogens with zero attached hydrogens (tertiary/aromatic N) is 2. The van der Waals surface area contributed by atoms with Gasteiger partial charge in [-0.05, 0) is 38.9 Å². The zero-order valence-electron chi connectivity index (χ0n) is 11.2. The van der Waals surface area contributed by atoms with Crippen LogP contribution in [0.25, 0.3) is 0 Å². The van der Waals surface area contributed by atoms with Crippen molar-refractivity contribution in [2.75, 3.05) is 19.6 Å². The van der Waals surface area contributed by atoms with Crippen LogP contribution in [0.2, 0.25) is 5.02 Å². The Morgan fingerprint density at radius 2 is 2.21 bits per heavy atom. The predicted octanol–water partition coefficient (Wildman–Crippen LogP) is 2.34. The SMILES string of the molecule is CC(CN1CCCCC1)NC(=O)c1ccncc1Cl. The highest BCUT2D eigenvalue weighted by Gasteiger charge is 2.16. The van der Waals surface area contributed by atoms with Crippen LogP contribution in [-0.2, 0) is 0 Å². The molecule has 1 amide bonds. The third-order valence-electron chi connectivity index (χ3n) is 3.38. The fourth-order valence-corrected chi connectivity index (χ4v) is 2.64. The predicted molar refractivity (Wildman–Crippen MR) is 76.5 cm³/mol. The molecule has 1 saturated heterocycles. The summed E-state index contributed by atoms with van der Waals surface area (Å²) >= 11 is 5.96. The summed E-state index contributed by atoms with van der Waals surface area (Å²) in [7, 11) is 0. The van der Waals surface area contributed by atoms with Crippen molar-refractivity contribution in [1.82, 2.24) is 15.2 Å². The first-order valence-electron chi connectivity index (χ1n) is 6.79. The van der Waals surface area contributed by atoms with Gasteiger partial charge in [0.2, 0.25) is 0 Å². The highest BCUT2D eigenvalue weighted by Crippen LogP contribution is 2.13. The minimum absolute atomic E-state index is 0.120. The van der Waals surface area contributed by atoms with Gasteiger partial charge in [-0.1, -0.05) is 18.0 Å². The average molecular weight is 282 g/mol. The number of carbonyl (C=O) groups excluding carboxylic acids is 1. The Bertz CT molecular complexity index is 432. The molecule has 2 heterocycles. The maximum atomic E-state index is 12.1. The maximum Gasteiger partial charge on any atom is 0.253 e. The van der Waals surface area contributed by atoms with Crippen LogP contribution in [0, 0.1) is 0 Å². The zero-order valence-corrected chi connectivity index (χ0v) is 12.0. The molecule has 0 bridgehead atoms. The highest BCUT2D eigenvalue weighted by atomic mass is 35.5. The molecule has 1 N–H and O–H groups in total. The molecule has 1 atom stereocenters. The van der Waals surface area contributed by atoms with Crippen LogP contribution in [0.4, 0.5) is 0 Å². The lowest BCUT2D eigenvalue weighted by molar-refractivity contribution is 0.0925. The lowest BCUT2D eigenvalue weighted by atomic mass is 10.1. The fraction of sp³-hybridized carbons (Fsp3) is 0.571. The molecule has 0 radical (unpaired) electrons. The molecule has 0 aliphatic carbocycles. The van der Waals surface area contributed by atoms with E-state index in [1.165, 1.54) is 25.5 Å². The Balaban J connectivity index is 1.86. The van der Waals surface area contributed by atoms with Crippen molar-refractivity contribution < 1.29 is 4.79 Å². The number of rotatable bonds is 4. The second-order valence-corrected chi connectivity index (χ2v) is 5.50. The van der Waals surface area contributed by atoms with E-state index in [-0.39, 0.29) is 11.9 Å². The first-order chi connectivity index (χ1) is 9.16. The first-order valence-corrected chi connectivity index (χ1v) is 7.17. The van der Waals surface area contributed by atoms with E-state index >= 15 is 0 Å². The summed E-state index contributed by atoms with van der Waals surface area (Å²) < 4.78 is 0. The molecule has 1 unspecified atom stereocenters. The number of hydrogen-bond donors (Lipinski definition) is 1. The van der Waals surface area contributed by atoms with Gasteiger partial charge in [-0.2, -0.15) is 0 Å². The van der Waals surface area contributed by atoms with Crippen LogP contribution in [0.1, 0.15) is 36.5 Å². The van der Waals surface area contributed by atoms with Gasteiger partial charge in [-0.15, -0.1) is 0 Å². The van der Waals surface area contributed by atoms with Crippen molar-refractivity contribution in [2.45, 2.75) is 32.2 Å². The normalized spacial score (nSPS) is 18.0. The summed E-state index contributed by atoms with van der Waals surface area (Å²) in [5.41, 5.74) is 0.488. The third-order valence-corrected chi connectivity index (χ3v) is 3.68. The number of carbonyl (C=O) groups is 1. The van der Waals surface area contributed by atoms with E-state index < -0.39 is 0 Å². The number of aromatic nitrogens is 1. The van der Waals surface area contributed by atoms with Gasteiger partial charge in [-0.25, -0.2) is 0 Å². The molecule has 1 aromatic rings. The van der Waals surface area contributed by atoms with Crippen molar-refractivity contribution in [2.24, 2.45) is 0 Å². The molecule has 4 nitrogen and oxygen atoms in total. The van der Waals surface area contributed by atoms with E-state index in [9.17, 15) is 4.79 Å². The van der Waals surface area contributed by atoms with Crippen molar-refractivity contribution in [1.29, 1.82) is 0 Å². The largest absolute Gasteiger partial charge is 0.348 e. The van der Waals surface area contributed by atoms with Crippen LogP contribution in [0.3, 0.4) is 0 Å². The minimum Gasteiger partial charge on any atom is -0.348 e. The summed E-state index contributed by atoms with van der Waals surface area (Å²) in [6.45, 7) is 5.20. The van der Waals surface area contributed by atoms with E-state index in [0.717, 1.165) is 19.6 Å². The Kier molecular flexibility index (Phi) is 5.16. The van der Waals surface area contributed by atoms with E-state index in [2.05, 4.69) is 15.2 Å². The van der Waals surface area contributed by atoms with E-state index in [4.69, 9.17) is 11.6 Å².